The van der Waals surface area contributed by atoms with Gasteiger partial charge in [0.1, 0.15) is 0 Å². The summed E-state index contributed by atoms with van der Waals surface area (Å²) in [5, 5.41) is 4.08. The van der Waals surface area contributed by atoms with Crippen molar-refractivity contribution >= 4 is 60.4 Å². The van der Waals surface area contributed by atoms with E-state index < -0.39 is 0 Å². The number of halogens is 3. The minimum atomic E-state index is 0.0292. The van der Waals surface area contributed by atoms with Crippen LogP contribution in [0.2, 0.25) is 0 Å². The lowest BCUT2D eigenvalue weighted by molar-refractivity contribution is 0.0943. The second-order valence-electron chi connectivity index (χ2n) is 4.75. The van der Waals surface area contributed by atoms with E-state index in [2.05, 4.69) is 59.8 Å². The first-order chi connectivity index (χ1) is 8.56. The molecule has 98 valence electrons. The molecule has 0 atom stereocenters. The summed E-state index contributed by atoms with van der Waals surface area (Å²) in [6, 6.07) is 5.78. The highest BCUT2D eigenvalue weighted by Gasteiger charge is 2.41. The quantitative estimate of drug-likeness (QED) is 0.486. The standard InChI is InChI=1S/C13H14Br2INO/c14-6-5-13(3-4-13)8-17-12(18)10-7-9(15)1-2-11(10)16/h1-2,7H,3-6,8H2,(H,17,18). The molecule has 0 aromatic heterocycles. The molecule has 5 heteroatoms. The van der Waals surface area contributed by atoms with Crippen molar-refractivity contribution in [3.8, 4) is 0 Å². The summed E-state index contributed by atoms with van der Waals surface area (Å²) in [7, 11) is 0. The molecule has 2 rings (SSSR count). The second-order valence-corrected chi connectivity index (χ2v) is 7.62. The van der Waals surface area contributed by atoms with Gasteiger partial charge < -0.3 is 5.32 Å². The fourth-order valence-electron chi connectivity index (χ4n) is 1.93. The van der Waals surface area contributed by atoms with Gasteiger partial charge in [-0.25, -0.2) is 0 Å². The molecular formula is C13H14Br2INO. The van der Waals surface area contributed by atoms with Crippen LogP contribution in [0.4, 0.5) is 0 Å². The van der Waals surface area contributed by atoms with Crippen LogP contribution in [0.3, 0.4) is 0 Å². The number of carbonyl (C=O) groups excluding carboxylic acids is 1. The molecule has 0 aliphatic heterocycles. The molecule has 1 aliphatic rings. The van der Waals surface area contributed by atoms with Crippen LogP contribution < -0.4 is 5.32 Å². The van der Waals surface area contributed by atoms with E-state index in [0.717, 1.165) is 31.9 Å². The van der Waals surface area contributed by atoms with Gasteiger partial charge in [-0.1, -0.05) is 31.9 Å². The molecule has 2 nitrogen and oxygen atoms in total. The van der Waals surface area contributed by atoms with Crippen molar-refractivity contribution in [3.63, 3.8) is 0 Å². The van der Waals surface area contributed by atoms with Gasteiger partial charge in [0.25, 0.3) is 5.91 Å². The summed E-state index contributed by atoms with van der Waals surface area (Å²) in [5.74, 6) is 0.0292. The first-order valence-electron chi connectivity index (χ1n) is 5.86. The van der Waals surface area contributed by atoms with E-state index in [1.165, 1.54) is 12.8 Å². The summed E-state index contributed by atoms with van der Waals surface area (Å²) in [5.41, 5.74) is 1.11. The highest BCUT2D eigenvalue weighted by Crippen LogP contribution is 2.48. The number of amides is 1. The minimum Gasteiger partial charge on any atom is -0.351 e. The van der Waals surface area contributed by atoms with Crippen molar-refractivity contribution in [2.24, 2.45) is 5.41 Å². The zero-order valence-electron chi connectivity index (χ0n) is 9.81. The van der Waals surface area contributed by atoms with Crippen LogP contribution in [0, 0.1) is 8.99 Å². The molecule has 1 aromatic carbocycles. The lowest BCUT2D eigenvalue weighted by Gasteiger charge is -2.15. The number of hydrogen-bond donors (Lipinski definition) is 1. The van der Waals surface area contributed by atoms with Crippen molar-refractivity contribution in [1.29, 1.82) is 0 Å². The van der Waals surface area contributed by atoms with Crippen LogP contribution in [0.5, 0.6) is 0 Å². The van der Waals surface area contributed by atoms with E-state index in [-0.39, 0.29) is 5.91 Å². The average Bonchev–Trinajstić information content (AvgIpc) is 3.10. The maximum atomic E-state index is 12.1. The predicted octanol–water partition coefficient (Wildman–Crippen LogP) is 4.35. The van der Waals surface area contributed by atoms with Gasteiger partial charge in [-0.15, -0.1) is 0 Å². The van der Waals surface area contributed by atoms with Crippen LogP contribution in [0.25, 0.3) is 0 Å². The maximum absolute atomic E-state index is 12.1. The van der Waals surface area contributed by atoms with Crippen molar-refractivity contribution in [2.45, 2.75) is 19.3 Å². The Bertz CT molecular complexity index is 460. The van der Waals surface area contributed by atoms with Gasteiger partial charge in [0.2, 0.25) is 0 Å². The van der Waals surface area contributed by atoms with Gasteiger partial charge in [-0.3, -0.25) is 4.79 Å². The highest BCUT2D eigenvalue weighted by atomic mass is 127. The first-order valence-corrected chi connectivity index (χ1v) is 8.85. The second kappa shape index (κ2) is 6.22. The van der Waals surface area contributed by atoms with Crippen LogP contribution in [0.1, 0.15) is 29.6 Å². The third-order valence-electron chi connectivity index (χ3n) is 3.38. The van der Waals surface area contributed by atoms with E-state index in [9.17, 15) is 4.79 Å². The Labute approximate surface area is 138 Å². The monoisotopic (exact) mass is 485 g/mol. The lowest BCUT2D eigenvalue weighted by Crippen LogP contribution is -2.31. The summed E-state index contributed by atoms with van der Waals surface area (Å²) in [6.45, 7) is 0.792. The number of rotatable bonds is 5. The molecule has 1 fully saturated rings. The number of nitrogens with one attached hydrogen (secondary N) is 1. The Morgan fingerprint density at radius 2 is 2.17 bits per heavy atom. The largest absolute Gasteiger partial charge is 0.351 e. The van der Waals surface area contributed by atoms with Crippen LogP contribution in [-0.2, 0) is 0 Å². The third kappa shape index (κ3) is 3.70. The van der Waals surface area contributed by atoms with Crippen LogP contribution in [0.15, 0.2) is 22.7 Å². The third-order valence-corrected chi connectivity index (χ3v) is 5.21. The average molecular weight is 487 g/mol. The Kier molecular flexibility index (Phi) is 5.11. The van der Waals surface area contributed by atoms with E-state index in [4.69, 9.17) is 0 Å². The lowest BCUT2D eigenvalue weighted by atomic mass is 10.0. The molecule has 0 heterocycles. The van der Waals surface area contributed by atoms with E-state index in [1.807, 2.05) is 18.2 Å². The van der Waals surface area contributed by atoms with E-state index in [1.54, 1.807) is 0 Å². The first kappa shape index (κ1) is 14.8. The summed E-state index contributed by atoms with van der Waals surface area (Å²) in [4.78, 5) is 12.1. The normalized spacial score (nSPS) is 16.4. The molecule has 1 saturated carbocycles. The molecule has 1 amide bonds. The van der Waals surface area contributed by atoms with Crippen LogP contribution >= 0.6 is 54.5 Å². The van der Waals surface area contributed by atoms with Gasteiger partial charge in [0.15, 0.2) is 0 Å². The van der Waals surface area contributed by atoms with Gasteiger partial charge in [-0.2, -0.15) is 0 Å². The Morgan fingerprint density at radius 1 is 1.44 bits per heavy atom. The Balaban J connectivity index is 1.98. The topological polar surface area (TPSA) is 29.1 Å². The maximum Gasteiger partial charge on any atom is 0.252 e. The fourth-order valence-corrected chi connectivity index (χ4v) is 3.71. The number of carbonyl (C=O) groups is 1. The molecule has 0 radical (unpaired) electrons. The van der Waals surface area contributed by atoms with Crippen molar-refractivity contribution in [1.82, 2.24) is 5.32 Å². The van der Waals surface area contributed by atoms with Crippen LogP contribution in [-0.4, -0.2) is 17.8 Å². The van der Waals surface area contributed by atoms with E-state index in [0.29, 0.717) is 5.41 Å². The molecule has 1 N–H and O–H groups in total. The molecule has 0 saturated heterocycles. The molecule has 1 aliphatic carbocycles. The summed E-state index contributed by atoms with van der Waals surface area (Å²) in [6.07, 6.45) is 3.60. The smallest absolute Gasteiger partial charge is 0.252 e. The Morgan fingerprint density at radius 3 is 2.78 bits per heavy atom. The molecule has 0 unspecified atom stereocenters. The summed E-state index contributed by atoms with van der Waals surface area (Å²) >= 11 is 9.08. The zero-order valence-corrected chi connectivity index (χ0v) is 15.1. The van der Waals surface area contributed by atoms with Gasteiger partial charge >= 0.3 is 0 Å². The van der Waals surface area contributed by atoms with Crippen molar-refractivity contribution in [2.75, 3.05) is 11.9 Å². The van der Waals surface area contributed by atoms with Crippen molar-refractivity contribution < 1.29 is 4.79 Å². The van der Waals surface area contributed by atoms with E-state index >= 15 is 0 Å². The summed E-state index contributed by atoms with van der Waals surface area (Å²) < 4.78 is 1.92. The number of hydrogen-bond acceptors (Lipinski definition) is 1. The van der Waals surface area contributed by atoms with Gasteiger partial charge in [0, 0.05) is 19.9 Å². The predicted molar refractivity (Wildman–Crippen MR) is 89.3 cm³/mol. The molecule has 0 spiro atoms. The highest BCUT2D eigenvalue weighted by molar-refractivity contribution is 14.1. The van der Waals surface area contributed by atoms with Crippen molar-refractivity contribution in [3.05, 3.63) is 31.8 Å². The molecule has 18 heavy (non-hydrogen) atoms. The Hall–Kier alpha value is 0.380. The molecule has 1 aromatic rings. The molecule has 0 bridgehead atoms. The molecular weight excluding hydrogens is 473 g/mol. The fraction of sp³-hybridized carbons (Fsp3) is 0.462. The van der Waals surface area contributed by atoms with Gasteiger partial charge in [0.05, 0.1) is 5.56 Å². The number of benzene rings is 1. The number of alkyl halides is 1. The SMILES string of the molecule is O=C(NCC1(CCBr)CC1)c1cc(Br)ccc1I. The minimum absolute atomic E-state index is 0.0292. The zero-order chi connectivity index (χ0) is 13.2. The van der Waals surface area contributed by atoms with Gasteiger partial charge in [-0.05, 0) is 65.5 Å².